The maximum atomic E-state index is 12.7. The highest BCUT2D eigenvalue weighted by atomic mass is 79.9. The lowest BCUT2D eigenvalue weighted by atomic mass is 10.0. The highest BCUT2D eigenvalue weighted by molar-refractivity contribution is 9.10. The van der Waals surface area contributed by atoms with Crippen molar-refractivity contribution in [1.29, 1.82) is 0 Å². The summed E-state index contributed by atoms with van der Waals surface area (Å²) in [7, 11) is 0. The zero-order valence-electron chi connectivity index (χ0n) is 17.3. The highest BCUT2D eigenvalue weighted by Gasteiger charge is 2.15. The van der Waals surface area contributed by atoms with Crippen molar-refractivity contribution in [3.05, 3.63) is 109 Å². The molecule has 0 saturated heterocycles. The van der Waals surface area contributed by atoms with Gasteiger partial charge < -0.3 is 13.6 Å². The highest BCUT2D eigenvalue weighted by Crippen LogP contribution is 2.30. The molecule has 0 fully saturated rings. The van der Waals surface area contributed by atoms with Crippen molar-refractivity contribution >= 4 is 55.3 Å². The quantitative estimate of drug-likeness (QED) is 0.195. The molecule has 0 aliphatic rings. The van der Waals surface area contributed by atoms with E-state index < -0.39 is 11.3 Å². The van der Waals surface area contributed by atoms with E-state index in [0.717, 1.165) is 4.47 Å². The van der Waals surface area contributed by atoms with E-state index in [1.165, 1.54) is 12.1 Å². The molecule has 8 heteroatoms. The number of carbonyl (C=O) groups is 1. The number of halogens is 2. The fourth-order valence-corrected chi connectivity index (χ4v) is 4.05. The van der Waals surface area contributed by atoms with Crippen LogP contribution < -0.4 is 16.0 Å². The van der Waals surface area contributed by atoms with Crippen LogP contribution in [0.3, 0.4) is 0 Å². The monoisotopic (exact) mass is 536 g/mol. The molecule has 0 aliphatic carbocycles. The molecule has 34 heavy (non-hydrogen) atoms. The Kier molecular flexibility index (Phi) is 5.81. The van der Waals surface area contributed by atoms with Gasteiger partial charge in [0.25, 0.3) is 0 Å². The maximum Gasteiger partial charge on any atom is 0.344 e. The molecule has 0 bridgehead atoms. The van der Waals surface area contributed by atoms with E-state index in [2.05, 4.69) is 15.9 Å². The molecule has 0 amide bonds. The third-order valence-electron chi connectivity index (χ3n) is 5.24. The summed E-state index contributed by atoms with van der Waals surface area (Å²) in [6.45, 7) is -0.188. The second-order valence-corrected chi connectivity index (χ2v) is 8.84. The molecule has 5 aromatic rings. The van der Waals surface area contributed by atoms with Crippen molar-refractivity contribution in [2.24, 2.45) is 0 Å². The summed E-state index contributed by atoms with van der Waals surface area (Å²) in [6, 6.07) is 19.5. The Balaban J connectivity index is 1.50. The fourth-order valence-electron chi connectivity index (χ4n) is 3.61. The van der Waals surface area contributed by atoms with Crippen molar-refractivity contribution in [2.45, 2.75) is 0 Å². The van der Waals surface area contributed by atoms with Gasteiger partial charge in [-0.2, -0.15) is 0 Å². The Morgan fingerprint density at radius 1 is 0.853 bits per heavy atom. The summed E-state index contributed by atoms with van der Waals surface area (Å²) in [5.74, 6) is 0.144. The van der Waals surface area contributed by atoms with Crippen LogP contribution in [0.4, 0.5) is 0 Å². The van der Waals surface area contributed by atoms with Crippen LogP contribution in [0.2, 0.25) is 5.02 Å². The van der Waals surface area contributed by atoms with Gasteiger partial charge in [0.05, 0.1) is 5.56 Å². The molecule has 2 aromatic heterocycles. The Morgan fingerprint density at radius 2 is 1.65 bits per heavy atom. The van der Waals surface area contributed by atoms with Crippen LogP contribution in [-0.4, -0.2) is 12.4 Å². The van der Waals surface area contributed by atoms with Gasteiger partial charge in [-0.15, -0.1) is 0 Å². The minimum absolute atomic E-state index is 0.188. The third kappa shape index (κ3) is 4.40. The number of rotatable bonds is 5. The Bertz CT molecular complexity index is 1680. The van der Waals surface area contributed by atoms with Crippen LogP contribution in [0.5, 0.6) is 5.75 Å². The van der Waals surface area contributed by atoms with Gasteiger partial charge in [-0.3, -0.25) is 4.79 Å². The molecular weight excluding hydrogens is 524 g/mol. The summed E-state index contributed by atoms with van der Waals surface area (Å²) in [6.07, 6.45) is 0. The molecule has 3 aromatic carbocycles. The number of hydrogen-bond donors (Lipinski definition) is 0. The molecule has 0 N–H and O–H groups in total. The van der Waals surface area contributed by atoms with E-state index in [0.29, 0.717) is 38.3 Å². The predicted octanol–water partition coefficient (Wildman–Crippen LogP) is 6.24. The predicted molar refractivity (Wildman–Crippen MR) is 133 cm³/mol. The number of fused-ring (bicyclic) bond motifs is 2. The number of ketones is 1. The van der Waals surface area contributed by atoms with E-state index in [-0.39, 0.29) is 23.5 Å². The molecule has 0 atom stereocenters. The van der Waals surface area contributed by atoms with E-state index in [1.54, 1.807) is 60.7 Å². The van der Waals surface area contributed by atoms with Gasteiger partial charge in [-0.25, -0.2) is 9.59 Å². The molecule has 2 heterocycles. The van der Waals surface area contributed by atoms with Crippen molar-refractivity contribution in [3.63, 3.8) is 0 Å². The zero-order valence-corrected chi connectivity index (χ0v) is 19.7. The minimum atomic E-state index is -0.642. The smallest absolute Gasteiger partial charge is 0.344 e. The van der Waals surface area contributed by atoms with E-state index in [1.807, 2.05) is 0 Å². The van der Waals surface area contributed by atoms with Crippen LogP contribution in [0.15, 0.2) is 95.7 Å². The second-order valence-electron chi connectivity index (χ2n) is 7.49. The van der Waals surface area contributed by atoms with Crippen LogP contribution in [-0.2, 0) is 0 Å². The Hall–Kier alpha value is -3.68. The first-order valence-corrected chi connectivity index (χ1v) is 11.3. The summed E-state index contributed by atoms with van der Waals surface area (Å²) in [5.41, 5.74) is 0.434. The zero-order chi connectivity index (χ0) is 23.8. The number of carbonyl (C=O) groups excluding carboxylic acids is 1. The van der Waals surface area contributed by atoms with Crippen molar-refractivity contribution in [3.8, 4) is 16.9 Å². The normalized spacial score (nSPS) is 11.1. The van der Waals surface area contributed by atoms with Gasteiger partial charge in [0, 0.05) is 43.5 Å². The van der Waals surface area contributed by atoms with Gasteiger partial charge in [-0.1, -0.05) is 39.7 Å². The summed E-state index contributed by atoms with van der Waals surface area (Å²) < 4.78 is 17.2. The number of ether oxygens (including phenoxy) is 1. The average Bonchev–Trinajstić information content (AvgIpc) is 2.82. The molecule has 6 nitrogen and oxygen atoms in total. The van der Waals surface area contributed by atoms with Gasteiger partial charge in [0.1, 0.15) is 16.9 Å². The lowest BCUT2D eigenvalue weighted by Gasteiger charge is -2.09. The molecule has 0 unspecified atom stereocenters. The molecule has 168 valence electrons. The maximum absolute atomic E-state index is 12.7. The number of Topliss-reactive ketones (excluding diaryl/α,β-unsaturated/α-hetero) is 1. The average molecular weight is 538 g/mol. The van der Waals surface area contributed by atoms with Crippen LogP contribution >= 0.6 is 27.5 Å². The van der Waals surface area contributed by atoms with Crippen molar-refractivity contribution in [1.82, 2.24) is 0 Å². The van der Waals surface area contributed by atoms with E-state index in [9.17, 15) is 14.4 Å². The van der Waals surface area contributed by atoms with E-state index in [4.69, 9.17) is 25.2 Å². The fraction of sp³-hybridized carbons (Fsp3) is 0.0385. The van der Waals surface area contributed by atoms with E-state index >= 15 is 0 Å². The molecule has 0 aliphatic heterocycles. The molecular formula is C26H14BrClO6. The van der Waals surface area contributed by atoms with Gasteiger partial charge >= 0.3 is 11.3 Å². The lowest BCUT2D eigenvalue weighted by Crippen LogP contribution is -2.11. The molecule has 0 spiro atoms. The first-order valence-electron chi connectivity index (χ1n) is 10.1. The van der Waals surface area contributed by atoms with Crippen molar-refractivity contribution in [2.75, 3.05) is 6.61 Å². The molecule has 0 radical (unpaired) electrons. The summed E-state index contributed by atoms with van der Waals surface area (Å²) >= 11 is 9.40. The van der Waals surface area contributed by atoms with Crippen LogP contribution in [0.1, 0.15) is 10.4 Å². The van der Waals surface area contributed by atoms with Gasteiger partial charge in [0.15, 0.2) is 12.4 Å². The summed E-state index contributed by atoms with van der Waals surface area (Å²) in [4.78, 5) is 37.3. The first-order chi connectivity index (χ1) is 16.4. The van der Waals surface area contributed by atoms with Crippen LogP contribution in [0, 0.1) is 0 Å². The number of benzene rings is 3. The number of hydrogen-bond acceptors (Lipinski definition) is 6. The largest absolute Gasteiger partial charge is 0.485 e. The summed E-state index contributed by atoms with van der Waals surface area (Å²) in [5, 5.41) is 1.62. The first kappa shape index (κ1) is 22.1. The molecule has 5 rings (SSSR count). The van der Waals surface area contributed by atoms with Gasteiger partial charge in [-0.05, 0) is 48.5 Å². The topological polar surface area (TPSA) is 86.7 Å². The SMILES string of the molecule is O=C(COc1ccc2c(-c3cc4cc(Cl)ccc4oc3=O)cc(=O)oc2c1)c1ccc(Br)cc1. The van der Waals surface area contributed by atoms with Crippen molar-refractivity contribution < 1.29 is 18.4 Å². The molecule has 0 saturated carbocycles. The minimum Gasteiger partial charge on any atom is -0.485 e. The Morgan fingerprint density at radius 3 is 2.44 bits per heavy atom. The third-order valence-corrected chi connectivity index (χ3v) is 6.00. The standard InChI is InChI=1S/C26H14BrClO6/c27-16-3-1-14(2-4-16)22(29)13-32-18-6-7-19-20(12-25(30)33-24(19)11-18)21-10-15-9-17(28)5-8-23(15)34-26(21)31/h1-12H,13H2. The second kappa shape index (κ2) is 8.93. The van der Waals surface area contributed by atoms with Crippen LogP contribution in [0.25, 0.3) is 33.1 Å². The lowest BCUT2D eigenvalue weighted by molar-refractivity contribution is 0.0921. The van der Waals surface area contributed by atoms with Gasteiger partial charge in [0.2, 0.25) is 0 Å². The Labute approximate surface area is 205 Å².